The van der Waals surface area contributed by atoms with Crippen molar-refractivity contribution in [2.75, 3.05) is 6.61 Å². The Morgan fingerprint density at radius 1 is 0.872 bits per heavy atom. The van der Waals surface area contributed by atoms with Gasteiger partial charge in [0.15, 0.2) is 11.5 Å². The van der Waals surface area contributed by atoms with Crippen molar-refractivity contribution >= 4 is 24.4 Å². The number of carboxylic acid groups (broad SMARTS) is 1. The first-order chi connectivity index (χ1) is 18.4. The minimum absolute atomic E-state index is 0.160. The van der Waals surface area contributed by atoms with Crippen LogP contribution in [0.1, 0.15) is 78.2 Å². The molecule has 1 aromatic rings. The second-order valence-corrected chi connectivity index (χ2v) is 10.0. The lowest BCUT2D eigenvalue weighted by atomic mass is 9.82. The number of carbonyl (C=O) groups is 4. The number of hydrogen-bond donors (Lipinski definition) is 2. The Kier molecular flexibility index (Phi) is 12.3. The lowest BCUT2D eigenvalue weighted by molar-refractivity contribution is -0.139. The molecular weight excluding hydrogens is 514 g/mol. The molecule has 1 aliphatic carbocycles. The highest BCUT2D eigenvalue weighted by molar-refractivity contribution is 5.75. The third-order valence-corrected chi connectivity index (χ3v) is 5.97. The molecule has 1 saturated carbocycles. The van der Waals surface area contributed by atoms with Gasteiger partial charge in [-0.3, -0.25) is 4.79 Å². The zero-order valence-electron chi connectivity index (χ0n) is 23.0. The van der Waals surface area contributed by atoms with E-state index in [4.69, 9.17) is 34.2 Å². The highest BCUT2D eigenvalue weighted by Gasteiger charge is 2.33. The Balaban J connectivity index is 2.28. The third kappa shape index (κ3) is 10.6. The molecule has 0 saturated heterocycles. The van der Waals surface area contributed by atoms with Gasteiger partial charge in [-0.25, -0.2) is 14.4 Å². The van der Waals surface area contributed by atoms with E-state index in [9.17, 15) is 24.3 Å². The van der Waals surface area contributed by atoms with Crippen LogP contribution in [-0.2, 0) is 23.7 Å². The number of carbonyl (C=O) groups excluding carboxylic acids is 3. The minimum Gasteiger partial charge on any atom is -0.480 e. The average molecular weight is 554 g/mol. The molecule has 0 heterocycles. The molecule has 0 bridgehead atoms. The minimum atomic E-state index is -1.41. The van der Waals surface area contributed by atoms with E-state index >= 15 is 0 Å². The molecular formula is C27H39NO11. The van der Waals surface area contributed by atoms with Crippen LogP contribution in [0.3, 0.4) is 0 Å². The van der Waals surface area contributed by atoms with E-state index in [1.807, 2.05) is 0 Å². The summed E-state index contributed by atoms with van der Waals surface area (Å²) < 4.78 is 31.1. The van der Waals surface area contributed by atoms with E-state index in [1.165, 1.54) is 18.2 Å². The van der Waals surface area contributed by atoms with Crippen molar-refractivity contribution in [2.45, 2.75) is 97.0 Å². The number of ether oxygens (including phenoxy) is 6. The van der Waals surface area contributed by atoms with Crippen molar-refractivity contribution in [3.05, 3.63) is 23.8 Å². The fraction of sp³-hybridized carbons (Fsp3) is 0.630. The first-order valence-electron chi connectivity index (χ1n) is 13.1. The summed E-state index contributed by atoms with van der Waals surface area (Å²) >= 11 is 0. The molecule has 12 heteroatoms. The van der Waals surface area contributed by atoms with Crippen LogP contribution in [0.5, 0.6) is 11.5 Å². The molecule has 1 aliphatic rings. The summed E-state index contributed by atoms with van der Waals surface area (Å²) in [4.78, 5) is 48.4. The van der Waals surface area contributed by atoms with E-state index in [1.54, 1.807) is 34.6 Å². The van der Waals surface area contributed by atoms with Crippen LogP contribution in [0.15, 0.2) is 18.2 Å². The normalized spacial score (nSPS) is 16.1. The Morgan fingerprint density at radius 3 is 1.97 bits per heavy atom. The van der Waals surface area contributed by atoms with Gasteiger partial charge < -0.3 is 39.3 Å². The Hall–Kier alpha value is -3.54. The molecule has 39 heavy (non-hydrogen) atoms. The summed E-state index contributed by atoms with van der Waals surface area (Å²) in [7, 11) is 0. The van der Waals surface area contributed by atoms with Gasteiger partial charge in [0.25, 0.3) is 0 Å². The van der Waals surface area contributed by atoms with Gasteiger partial charge in [-0.1, -0.05) is 19.4 Å². The van der Waals surface area contributed by atoms with Crippen molar-refractivity contribution in [3.63, 3.8) is 0 Å². The van der Waals surface area contributed by atoms with Gasteiger partial charge in [0.1, 0.15) is 12.1 Å². The molecule has 1 fully saturated rings. The Morgan fingerprint density at radius 2 is 1.44 bits per heavy atom. The van der Waals surface area contributed by atoms with E-state index in [0.717, 1.165) is 32.1 Å². The molecule has 2 rings (SSSR count). The number of carboxylic acids is 1. The van der Waals surface area contributed by atoms with E-state index < -0.39 is 54.5 Å². The third-order valence-electron chi connectivity index (χ3n) is 5.97. The standard InChI is InChI=1S/C27H39NO11/c1-15(2)35-26(32)38-20-12-11-18(13-21(20)39-27(33)36-16(3)4)22(23(28)24(29)30)17(5)14-34-25(31)37-19-9-7-6-8-10-19/h11-13,15-17,19,22-23H,6-10,14,28H2,1-5H3,(H,29,30)/t17?,22?,23-/m0/s1. The SMILES string of the molecule is CC(C)OC(=O)Oc1ccc(C(C(C)COC(=O)OC2CCCCC2)[C@H](N)C(=O)O)cc1OC(=O)OC(C)C. The fourth-order valence-electron chi connectivity index (χ4n) is 4.21. The number of benzene rings is 1. The van der Waals surface area contributed by atoms with Crippen molar-refractivity contribution in [3.8, 4) is 11.5 Å². The predicted octanol–water partition coefficient (Wildman–Crippen LogP) is 5.15. The summed E-state index contributed by atoms with van der Waals surface area (Å²) in [5.41, 5.74) is 6.36. The molecule has 0 amide bonds. The summed E-state index contributed by atoms with van der Waals surface area (Å²) in [6.07, 6.45) is 0.540. The number of hydrogen-bond acceptors (Lipinski definition) is 11. The summed E-state index contributed by atoms with van der Waals surface area (Å²) in [5.74, 6) is -3.16. The molecule has 12 nitrogen and oxygen atoms in total. The molecule has 3 atom stereocenters. The number of rotatable bonds is 11. The summed E-state index contributed by atoms with van der Waals surface area (Å²) in [6, 6.07) is 2.71. The lowest BCUT2D eigenvalue weighted by Gasteiger charge is -2.28. The largest absolute Gasteiger partial charge is 0.514 e. The molecule has 0 radical (unpaired) electrons. The predicted molar refractivity (Wildman–Crippen MR) is 138 cm³/mol. The maximum absolute atomic E-state index is 12.2. The van der Waals surface area contributed by atoms with Gasteiger partial charge in [-0.2, -0.15) is 0 Å². The van der Waals surface area contributed by atoms with Crippen LogP contribution < -0.4 is 15.2 Å². The van der Waals surface area contributed by atoms with Crippen LogP contribution in [-0.4, -0.2) is 60.5 Å². The Bertz CT molecular complexity index is 988. The maximum atomic E-state index is 12.2. The van der Waals surface area contributed by atoms with E-state index in [-0.39, 0.29) is 24.2 Å². The molecule has 0 spiro atoms. The summed E-state index contributed by atoms with van der Waals surface area (Å²) in [6.45, 7) is 8.00. The topological polar surface area (TPSA) is 170 Å². The van der Waals surface area contributed by atoms with Gasteiger partial charge in [0.2, 0.25) is 0 Å². The monoisotopic (exact) mass is 553 g/mol. The smallest absolute Gasteiger partial charge is 0.480 e. The van der Waals surface area contributed by atoms with E-state index in [2.05, 4.69) is 0 Å². The zero-order chi connectivity index (χ0) is 29.1. The summed E-state index contributed by atoms with van der Waals surface area (Å²) in [5, 5.41) is 9.68. The number of nitrogens with two attached hydrogens (primary N) is 1. The van der Waals surface area contributed by atoms with Crippen molar-refractivity contribution in [1.29, 1.82) is 0 Å². The van der Waals surface area contributed by atoms with E-state index in [0.29, 0.717) is 5.56 Å². The second kappa shape index (κ2) is 15.2. The molecule has 0 aliphatic heterocycles. The van der Waals surface area contributed by atoms with Gasteiger partial charge in [-0.15, -0.1) is 0 Å². The molecule has 1 aromatic carbocycles. The van der Waals surface area contributed by atoms with Crippen LogP contribution in [0, 0.1) is 5.92 Å². The zero-order valence-corrected chi connectivity index (χ0v) is 23.0. The second-order valence-electron chi connectivity index (χ2n) is 10.0. The Labute approximate surface area is 228 Å². The van der Waals surface area contributed by atoms with Gasteiger partial charge in [0, 0.05) is 5.92 Å². The van der Waals surface area contributed by atoms with Crippen LogP contribution in [0.25, 0.3) is 0 Å². The fourth-order valence-corrected chi connectivity index (χ4v) is 4.21. The molecule has 218 valence electrons. The highest BCUT2D eigenvalue weighted by atomic mass is 16.8. The van der Waals surface area contributed by atoms with Crippen LogP contribution >= 0.6 is 0 Å². The molecule has 3 N–H and O–H groups in total. The highest BCUT2D eigenvalue weighted by Crippen LogP contribution is 2.36. The number of aliphatic carboxylic acids is 1. The molecule has 2 unspecified atom stereocenters. The average Bonchev–Trinajstić information content (AvgIpc) is 2.84. The van der Waals surface area contributed by atoms with Crippen molar-refractivity contribution in [2.24, 2.45) is 11.7 Å². The van der Waals surface area contributed by atoms with Crippen molar-refractivity contribution < 1.29 is 52.7 Å². The molecule has 0 aromatic heterocycles. The first kappa shape index (κ1) is 31.7. The van der Waals surface area contributed by atoms with Gasteiger partial charge in [0.05, 0.1) is 18.8 Å². The van der Waals surface area contributed by atoms with Crippen LogP contribution in [0.4, 0.5) is 14.4 Å². The maximum Gasteiger partial charge on any atom is 0.514 e. The van der Waals surface area contributed by atoms with Gasteiger partial charge in [-0.05, 0) is 77.0 Å². The van der Waals surface area contributed by atoms with Crippen LogP contribution in [0.2, 0.25) is 0 Å². The van der Waals surface area contributed by atoms with Gasteiger partial charge >= 0.3 is 24.4 Å². The first-order valence-corrected chi connectivity index (χ1v) is 13.1. The lowest BCUT2D eigenvalue weighted by Crippen LogP contribution is -2.40. The quantitative estimate of drug-likeness (QED) is 0.210. The van der Waals surface area contributed by atoms with Crippen molar-refractivity contribution in [1.82, 2.24) is 0 Å².